The van der Waals surface area contributed by atoms with Crippen LogP contribution < -0.4 is 11.1 Å². The Morgan fingerprint density at radius 3 is 2.50 bits per heavy atom. The molecule has 2 aromatic carbocycles. The summed E-state index contributed by atoms with van der Waals surface area (Å²) in [4.78, 5) is 22.6. The van der Waals surface area contributed by atoms with Gasteiger partial charge in [-0.3, -0.25) is 14.9 Å². The van der Waals surface area contributed by atoms with E-state index in [0.29, 0.717) is 13.1 Å². The van der Waals surface area contributed by atoms with E-state index in [4.69, 9.17) is 5.73 Å². The lowest BCUT2D eigenvalue weighted by molar-refractivity contribution is -0.383. The standard InChI is InChI=1S/C17H18N4O6S/c18-13-5-3-11(9-15(13)21(24)25)17(23)19-14-10-12(4-6-16(14)22)28(26,27)20-7-1-2-8-20/h3-6,9-10,22H,1-2,7-8,18H2,(H,19,23). The number of amides is 1. The highest BCUT2D eigenvalue weighted by Crippen LogP contribution is 2.30. The molecule has 1 amide bonds. The quantitative estimate of drug-likeness (QED) is 0.296. The van der Waals surface area contributed by atoms with Gasteiger partial charge in [-0.05, 0) is 43.2 Å². The molecule has 1 saturated heterocycles. The smallest absolute Gasteiger partial charge is 0.292 e. The van der Waals surface area contributed by atoms with Crippen LogP contribution in [0.15, 0.2) is 41.3 Å². The minimum absolute atomic E-state index is 0.0619. The van der Waals surface area contributed by atoms with E-state index in [1.807, 2.05) is 0 Å². The number of carbonyl (C=O) groups excluding carboxylic acids is 1. The van der Waals surface area contributed by atoms with Crippen LogP contribution >= 0.6 is 0 Å². The fourth-order valence-corrected chi connectivity index (χ4v) is 4.43. The maximum Gasteiger partial charge on any atom is 0.292 e. The van der Waals surface area contributed by atoms with Gasteiger partial charge in [-0.2, -0.15) is 4.31 Å². The molecule has 0 aromatic heterocycles. The summed E-state index contributed by atoms with van der Waals surface area (Å²) in [7, 11) is -3.74. The molecule has 0 aliphatic carbocycles. The van der Waals surface area contributed by atoms with Crippen LogP contribution in [-0.2, 0) is 10.0 Å². The predicted octanol–water partition coefficient (Wildman–Crippen LogP) is 1.92. The Balaban J connectivity index is 1.89. The number of sulfonamides is 1. The lowest BCUT2D eigenvalue weighted by Crippen LogP contribution is -2.28. The molecule has 0 radical (unpaired) electrons. The van der Waals surface area contributed by atoms with Crippen molar-refractivity contribution >= 4 is 33.0 Å². The highest BCUT2D eigenvalue weighted by atomic mass is 32.2. The summed E-state index contributed by atoms with van der Waals surface area (Å²) in [5.41, 5.74) is 4.80. The van der Waals surface area contributed by atoms with Gasteiger partial charge in [0.15, 0.2) is 0 Å². The van der Waals surface area contributed by atoms with Gasteiger partial charge in [0.25, 0.3) is 11.6 Å². The number of nitrogens with two attached hydrogens (primary N) is 1. The number of aromatic hydroxyl groups is 1. The van der Waals surface area contributed by atoms with Crippen LogP contribution in [0, 0.1) is 10.1 Å². The van der Waals surface area contributed by atoms with Crippen molar-refractivity contribution in [2.45, 2.75) is 17.7 Å². The minimum Gasteiger partial charge on any atom is -0.506 e. The maximum atomic E-state index is 12.7. The Bertz CT molecular complexity index is 1050. The molecule has 28 heavy (non-hydrogen) atoms. The monoisotopic (exact) mass is 406 g/mol. The molecule has 148 valence electrons. The normalized spacial score (nSPS) is 14.7. The molecule has 0 unspecified atom stereocenters. The highest BCUT2D eigenvalue weighted by molar-refractivity contribution is 7.89. The third kappa shape index (κ3) is 3.75. The van der Waals surface area contributed by atoms with E-state index in [1.165, 1.54) is 28.6 Å². The molecule has 0 spiro atoms. The predicted molar refractivity (Wildman–Crippen MR) is 102 cm³/mol. The van der Waals surface area contributed by atoms with Crippen LogP contribution in [0.1, 0.15) is 23.2 Å². The zero-order chi connectivity index (χ0) is 20.5. The molecule has 4 N–H and O–H groups in total. The van der Waals surface area contributed by atoms with E-state index in [2.05, 4.69) is 5.32 Å². The van der Waals surface area contributed by atoms with Crippen molar-refractivity contribution < 1.29 is 23.2 Å². The highest BCUT2D eigenvalue weighted by Gasteiger charge is 2.28. The Labute approximate surface area is 160 Å². The van der Waals surface area contributed by atoms with Gasteiger partial charge in [0.05, 0.1) is 15.5 Å². The number of carbonyl (C=O) groups is 1. The average Bonchev–Trinajstić information content (AvgIpc) is 3.19. The van der Waals surface area contributed by atoms with Gasteiger partial charge in [-0.1, -0.05) is 0 Å². The van der Waals surface area contributed by atoms with Crippen LogP contribution in [0.5, 0.6) is 5.75 Å². The summed E-state index contributed by atoms with van der Waals surface area (Å²) in [6.07, 6.45) is 1.55. The minimum atomic E-state index is -3.74. The van der Waals surface area contributed by atoms with Crippen LogP contribution in [0.4, 0.5) is 17.1 Å². The van der Waals surface area contributed by atoms with Gasteiger partial charge in [0.1, 0.15) is 11.4 Å². The van der Waals surface area contributed by atoms with Crippen molar-refractivity contribution in [3.05, 3.63) is 52.1 Å². The fraction of sp³-hybridized carbons (Fsp3) is 0.235. The summed E-state index contributed by atoms with van der Waals surface area (Å²) >= 11 is 0. The zero-order valence-electron chi connectivity index (χ0n) is 14.7. The van der Waals surface area contributed by atoms with Crippen LogP contribution in [0.25, 0.3) is 0 Å². The van der Waals surface area contributed by atoms with Crippen molar-refractivity contribution in [3.63, 3.8) is 0 Å². The number of phenolic OH excluding ortho intramolecular Hbond substituents is 1. The third-order valence-electron chi connectivity index (χ3n) is 4.41. The number of rotatable bonds is 5. The van der Waals surface area contributed by atoms with Gasteiger partial charge >= 0.3 is 0 Å². The summed E-state index contributed by atoms with van der Waals surface area (Å²) in [6.45, 7) is 0.833. The molecule has 11 heteroatoms. The second kappa shape index (κ2) is 7.44. The second-order valence-corrected chi connectivity index (χ2v) is 8.21. The second-order valence-electron chi connectivity index (χ2n) is 6.27. The lowest BCUT2D eigenvalue weighted by Gasteiger charge is -2.16. The number of nitro groups is 1. The maximum absolute atomic E-state index is 12.7. The molecule has 0 bridgehead atoms. The third-order valence-corrected chi connectivity index (χ3v) is 6.30. The van der Waals surface area contributed by atoms with Gasteiger partial charge in [-0.25, -0.2) is 8.42 Å². The van der Waals surface area contributed by atoms with Gasteiger partial charge in [-0.15, -0.1) is 0 Å². The first-order valence-electron chi connectivity index (χ1n) is 8.38. The first-order valence-corrected chi connectivity index (χ1v) is 9.82. The number of nitrogen functional groups attached to an aromatic ring is 1. The average molecular weight is 406 g/mol. The van der Waals surface area contributed by atoms with E-state index in [-0.39, 0.29) is 27.6 Å². The summed E-state index contributed by atoms with van der Waals surface area (Å²) in [6, 6.07) is 7.11. The van der Waals surface area contributed by atoms with Gasteiger partial charge in [0.2, 0.25) is 10.0 Å². The zero-order valence-corrected chi connectivity index (χ0v) is 15.5. The van der Waals surface area contributed by atoms with E-state index < -0.39 is 26.5 Å². The van der Waals surface area contributed by atoms with Crippen LogP contribution in [-0.4, -0.2) is 41.7 Å². The first-order chi connectivity index (χ1) is 13.2. The molecule has 3 rings (SSSR count). The van der Waals surface area contributed by atoms with Crippen molar-refractivity contribution in [1.29, 1.82) is 0 Å². The number of nitrogens with zero attached hydrogens (tertiary/aromatic N) is 2. The molecule has 1 aliphatic rings. The van der Waals surface area contributed by atoms with Crippen molar-refractivity contribution in [2.24, 2.45) is 0 Å². The Morgan fingerprint density at radius 1 is 1.18 bits per heavy atom. The molecule has 10 nitrogen and oxygen atoms in total. The number of hydrogen-bond donors (Lipinski definition) is 3. The van der Waals surface area contributed by atoms with E-state index in [1.54, 1.807) is 0 Å². The number of hydrogen-bond acceptors (Lipinski definition) is 7. The topological polar surface area (TPSA) is 156 Å². The molecule has 2 aromatic rings. The fourth-order valence-electron chi connectivity index (χ4n) is 2.89. The molecular weight excluding hydrogens is 388 g/mol. The number of nitrogens with one attached hydrogen (secondary N) is 1. The molecule has 0 saturated carbocycles. The molecule has 1 aliphatic heterocycles. The largest absolute Gasteiger partial charge is 0.506 e. The van der Waals surface area contributed by atoms with Crippen molar-refractivity contribution in [1.82, 2.24) is 4.31 Å². The van der Waals surface area contributed by atoms with Crippen molar-refractivity contribution in [3.8, 4) is 5.75 Å². The molecular formula is C17H18N4O6S. The summed E-state index contributed by atoms with van der Waals surface area (Å²) < 4.78 is 26.6. The number of phenols is 1. The number of anilines is 2. The summed E-state index contributed by atoms with van der Waals surface area (Å²) in [5, 5.41) is 23.3. The Kier molecular flexibility index (Phi) is 5.21. The van der Waals surface area contributed by atoms with Crippen molar-refractivity contribution in [2.75, 3.05) is 24.1 Å². The Morgan fingerprint density at radius 2 is 1.86 bits per heavy atom. The molecule has 1 fully saturated rings. The summed E-state index contributed by atoms with van der Waals surface area (Å²) in [5.74, 6) is -1.09. The number of benzene rings is 2. The lowest BCUT2D eigenvalue weighted by atomic mass is 10.1. The van der Waals surface area contributed by atoms with E-state index in [9.17, 15) is 28.4 Å². The Hall–Kier alpha value is -3.18. The van der Waals surface area contributed by atoms with E-state index in [0.717, 1.165) is 25.0 Å². The first kappa shape index (κ1) is 19.6. The van der Waals surface area contributed by atoms with E-state index >= 15 is 0 Å². The van der Waals surface area contributed by atoms with Gasteiger partial charge < -0.3 is 16.2 Å². The SMILES string of the molecule is Nc1ccc(C(=O)Nc2cc(S(=O)(=O)N3CCCC3)ccc2O)cc1[N+](=O)[O-]. The van der Waals surface area contributed by atoms with Crippen LogP contribution in [0.2, 0.25) is 0 Å². The van der Waals surface area contributed by atoms with Crippen LogP contribution in [0.3, 0.4) is 0 Å². The number of nitro benzene ring substituents is 1. The van der Waals surface area contributed by atoms with Gasteiger partial charge in [0, 0.05) is 24.7 Å². The molecule has 0 atom stereocenters. The molecule has 1 heterocycles.